The van der Waals surface area contributed by atoms with Gasteiger partial charge in [0.05, 0.1) is 34.5 Å². The van der Waals surface area contributed by atoms with Crippen LogP contribution < -0.4 is 23.7 Å². The van der Waals surface area contributed by atoms with Crippen LogP contribution in [-0.4, -0.2) is 57.9 Å². The number of hydrogen-bond acceptors (Lipinski definition) is 6. The van der Waals surface area contributed by atoms with E-state index in [1.807, 2.05) is 29.2 Å². The summed E-state index contributed by atoms with van der Waals surface area (Å²) < 4.78 is 27.6. The number of likely N-dealkylation sites (tertiary alicyclic amines) is 1. The summed E-state index contributed by atoms with van der Waals surface area (Å²) in [6.45, 7) is 0.449. The summed E-state index contributed by atoms with van der Waals surface area (Å²) in [7, 11) is 6.28. The second kappa shape index (κ2) is 8.96. The molecular formula is C24H29NO6. The van der Waals surface area contributed by atoms with Crippen LogP contribution in [0.2, 0.25) is 0 Å². The number of hydrogen-bond donors (Lipinski definition) is 0. The zero-order chi connectivity index (χ0) is 22.0. The van der Waals surface area contributed by atoms with Gasteiger partial charge in [0.25, 0.3) is 5.91 Å². The highest BCUT2D eigenvalue weighted by molar-refractivity contribution is 5.96. The minimum Gasteiger partial charge on any atom is -0.497 e. The topological polar surface area (TPSA) is 66.5 Å². The van der Waals surface area contributed by atoms with Crippen LogP contribution in [0.5, 0.6) is 28.7 Å². The molecule has 1 saturated heterocycles. The SMILES string of the molecule is COc1cccc(OC[C@@H]2[C@H]3CC[C@H](C3)N2C(=O)c2cc(OC)c(OC)c(OC)c2)c1. The minimum atomic E-state index is -0.0364. The van der Waals surface area contributed by atoms with E-state index in [-0.39, 0.29) is 18.0 Å². The Hall–Kier alpha value is -3.09. The van der Waals surface area contributed by atoms with Crippen molar-refractivity contribution in [3.05, 3.63) is 42.0 Å². The molecule has 31 heavy (non-hydrogen) atoms. The van der Waals surface area contributed by atoms with Crippen molar-refractivity contribution in [2.24, 2.45) is 5.92 Å². The number of ether oxygens (including phenoxy) is 5. The van der Waals surface area contributed by atoms with E-state index in [0.29, 0.717) is 35.3 Å². The number of fused-ring (bicyclic) bond motifs is 2. The Morgan fingerprint density at radius 2 is 1.65 bits per heavy atom. The first-order valence-corrected chi connectivity index (χ1v) is 10.5. The molecule has 0 unspecified atom stereocenters. The van der Waals surface area contributed by atoms with Crippen molar-refractivity contribution in [2.75, 3.05) is 35.0 Å². The Morgan fingerprint density at radius 3 is 2.29 bits per heavy atom. The quantitative estimate of drug-likeness (QED) is 0.639. The molecule has 2 aromatic rings. The molecule has 0 spiro atoms. The van der Waals surface area contributed by atoms with E-state index in [2.05, 4.69) is 0 Å². The molecule has 2 aromatic carbocycles. The van der Waals surface area contributed by atoms with Crippen LogP contribution in [0.25, 0.3) is 0 Å². The summed E-state index contributed by atoms with van der Waals surface area (Å²) in [6.07, 6.45) is 3.16. The van der Waals surface area contributed by atoms with Gasteiger partial charge in [0.15, 0.2) is 11.5 Å². The van der Waals surface area contributed by atoms with Gasteiger partial charge in [-0.1, -0.05) is 6.07 Å². The number of amides is 1. The second-order valence-electron chi connectivity index (χ2n) is 7.91. The van der Waals surface area contributed by atoms with Gasteiger partial charge in [0.2, 0.25) is 5.75 Å². The van der Waals surface area contributed by atoms with Crippen molar-refractivity contribution in [2.45, 2.75) is 31.3 Å². The largest absolute Gasteiger partial charge is 0.497 e. The van der Waals surface area contributed by atoms with Crippen LogP contribution in [-0.2, 0) is 0 Å². The fourth-order valence-corrected chi connectivity index (χ4v) is 4.85. The van der Waals surface area contributed by atoms with E-state index in [1.165, 1.54) is 0 Å². The highest BCUT2D eigenvalue weighted by Gasteiger charge is 2.48. The minimum absolute atomic E-state index is 0.0246. The second-order valence-corrected chi connectivity index (χ2v) is 7.91. The van der Waals surface area contributed by atoms with E-state index in [9.17, 15) is 4.79 Å². The Bertz CT molecular complexity index is 920. The first-order chi connectivity index (χ1) is 15.1. The Labute approximate surface area is 182 Å². The summed E-state index contributed by atoms with van der Waals surface area (Å²) in [5, 5.41) is 0. The van der Waals surface area contributed by atoms with E-state index in [0.717, 1.165) is 30.8 Å². The first kappa shape index (κ1) is 21.2. The standard InChI is InChI=1S/C24H29NO6/c1-27-18-6-5-7-19(13-18)31-14-20-15-8-9-17(10-15)25(20)24(26)16-11-21(28-2)23(30-4)22(12-16)29-3/h5-7,11-13,15,17,20H,8-10,14H2,1-4H3/t15-,17+,20+/m0/s1. The number of nitrogens with zero attached hydrogens (tertiary/aromatic N) is 1. The average Bonchev–Trinajstić information content (AvgIpc) is 3.43. The molecule has 1 amide bonds. The van der Waals surface area contributed by atoms with Gasteiger partial charge >= 0.3 is 0 Å². The molecule has 0 radical (unpaired) electrons. The monoisotopic (exact) mass is 427 g/mol. The van der Waals surface area contributed by atoms with Crippen LogP contribution in [0.1, 0.15) is 29.6 Å². The average molecular weight is 427 g/mol. The molecule has 1 saturated carbocycles. The number of carbonyl (C=O) groups is 1. The highest BCUT2D eigenvalue weighted by Crippen LogP contribution is 2.45. The molecule has 4 rings (SSSR count). The van der Waals surface area contributed by atoms with Gasteiger partial charge in [-0.05, 0) is 49.4 Å². The third-order valence-electron chi connectivity index (χ3n) is 6.35. The van der Waals surface area contributed by atoms with Crippen molar-refractivity contribution >= 4 is 5.91 Å². The molecule has 2 fully saturated rings. The molecule has 1 aliphatic carbocycles. The van der Waals surface area contributed by atoms with Crippen molar-refractivity contribution in [3.8, 4) is 28.7 Å². The molecule has 1 heterocycles. The third kappa shape index (κ3) is 3.96. The van der Waals surface area contributed by atoms with E-state index in [4.69, 9.17) is 23.7 Å². The Balaban J connectivity index is 1.57. The zero-order valence-corrected chi connectivity index (χ0v) is 18.4. The summed E-state index contributed by atoms with van der Waals surface area (Å²) >= 11 is 0. The maximum Gasteiger partial charge on any atom is 0.254 e. The van der Waals surface area contributed by atoms with Gasteiger partial charge in [-0.2, -0.15) is 0 Å². The molecule has 7 heteroatoms. The van der Waals surface area contributed by atoms with Gasteiger partial charge in [0.1, 0.15) is 18.1 Å². The highest BCUT2D eigenvalue weighted by atomic mass is 16.5. The number of rotatable bonds is 8. The molecular weight excluding hydrogens is 398 g/mol. The van der Waals surface area contributed by atoms with Crippen LogP contribution in [0.3, 0.4) is 0 Å². The molecule has 0 N–H and O–H groups in total. The summed E-state index contributed by atoms with van der Waals surface area (Å²) in [5.74, 6) is 3.31. The van der Waals surface area contributed by atoms with Crippen LogP contribution in [0.15, 0.2) is 36.4 Å². The molecule has 0 aromatic heterocycles. The molecule has 1 aliphatic heterocycles. The van der Waals surface area contributed by atoms with Crippen LogP contribution in [0, 0.1) is 5.92 Å². The smallest absolute Gasteiger partial charge is 0.254 e. The lowest BCUT2D eigenvalue weighted by Crippen LogP contribution is -2.47. The van der Waals surface area contributed by atoms with E-state index < -0.39 is 0 Å². The molecule has 2 aliphatic rings. The number of carbonyl (C=O) groups excluding carboxylic acids is 1. The Morgan fingerprint density at radius 1 is 0.935 bits per heavy atom. The zero-order valence-electron chi connectivity index (χ0n) is 18.4. The van der Waals surface area contributed by atoms with Crippen LogP contribution in [0.4, 0.5) is 0 Å². The fraction of sp³-hybridized carbons (Fsp3) is 0.458. The lowest BCUT2D eigenvalue weighted by atomic mass is 9.98. The van der Waals surface area contributed by atoms with E-state index in [1.54, 1.807) is 40.6 Å². The summed E-state index contributed by atoms with van der Waals surface area (Å²) in [4.78, 5) is 15.6. The maximum absolute atomic E-state index is 13.6. The summed E-state index contributed by atoms with van der Waals surface area (Å²) in [5.41, 5.74) is 0.522. The maximum atomic E-state index is 13.6. The van der Waals surface area contributed by atoms with Crippen molar-refractivity contribution in [1.29, 1.82) is 0 Å². The van der Waals surface area contributed by atoms with E-state index >= 15 is 0 Å². The molecule has 3 atom stereocenters. The predicted molar refractivity (Wildman–Crippen MR) is 116 cm³/mol. The van der Waals surface area contributed by atoms with Gasteiger partial charge in [-0.3, -0.25) is 4.79 Å². The van der Waals surface area contributed by atoms with Gasteiger partial charge in [0, 0.05) is 17.7 Å². The van der Waals surface area contributed by atoms with Crippen molar-refractivity contribution in [3.63, 3.8) is 0 Å². The third-order valence-corrected chi connectivity index (χ3v) is 6.35. The number of benzene rings is 2. The lowest BCUT2D eigenvalue weighted by Gasteiger charge is -2.35. The number of piperidine rings is 1. The fourth-order valence-electron chi connectivity index (χ4n) is 4.85. The van der Waals surface area contributed by atoms with Crippen LogP contribution >= 0.6 is 0 Å². The molecule has 7 nitrogen and oxygen atoms in total. The number of methoxy groups -OCH3 is 4. The van der Waals surface area contributed by atoms with Gasteiger partial charge in [-0.15, -0.1) is 0 Å². The first-order valence-electron chi connectivity index (χ1n) is 10.5. The molecule has 166 valence electrons. The van der Waals surface area contributed by atoms with Crippen molar-refractivity contribution in [1.82, 2.24) is 4.90 Å². The Kier molecular flexibility index (Phi) is 6.11. The molecule has 2 bridgehead atoms. The predicted octanol–water partition coefficient (Wildman–Crippen LogP) is 3.79. The van der Waals surface area contributed by atoms with Gasteiger partial charge in [-0.25, -0.2) is 0 Å². The normalized spacial score (nSPS) is 21.7. The van der Waals surface area contributed by atoms with Gasteiger partial charge < -0.3 is 28.6 Å². The summed E-state index contributed by atoms with van der Waals surface area (Å²) in [6, 6.07) is 11.2. The van der Waals surface area contributed by atoms with Crippen molar-refractivity contribution < 1.29 is 28.5 Å². The lowest BCUT2D eigenvalue weighted by molar-refractivity contribution is 0.0505.